The predicted molar refractivity (Wildman–Crippen MR) is 97.5 cm³/mol. The van der Waals surface area contributed by atoms with Crippen LogP contribution in [0.25, 0.3) is 0 Å². The number of halogens is 1. The van der Waals surface area contributed by atoms with Gasteiger partial charge in [-0.1, -0.05) is 66.2 Å². The summed E-state index contributed by atoms with van der Waals surface area (Å²) in [6.45, 7) is 4.46. The lowest BCUT2D eigenvalue weighted by Crippen LogP contribution is -2.16. The van der Waals surface area contributed by atoms with Gasteiger partial charge in [-0.25, -0.2) is 0 Å². The molecule has 0 saturated carbocycles. The summed E-state index contributed by atoms with van der Waals surface area (Å²) in [6.07, 6.45) is 1.99. The minimum absolute atomic E-state index is 0.322. The van der Waals surface area contributed by atoms with Crippen molar-refractivity contribution < 1.29 is 0 Å². The summed E-state index contributed by atoms with van der Waals surface area (Å²) < 4.78 is 1.09. The van der Waals surface area contributed by atoms with Crippen LogP contribution < -0.4 is 0 Å². The van der Waals surface area contributed by atoms with Crippen LogP contribution in [0, 0.1) is 5.92 Å². The average Bonchev–Trinajstić information content (AvgIpc) is 2.49. The molecule has 110 valence electrons. The number of benzene rings is 2. The van der Waals surface area contributed by atoms with Crippen LogP contribution in [0.2, 0.25) is 0 Å². The maximum absolute atomic E-state index is 4.79. The minimum Gasteiger partial charge on any atom is -0.288 e. The van der Waals surface area contributed by atoms with E-state index in [0.29, 0.717) is 12.0 Å². The van der Waals surface area contributed by atoms with E-state index in [9.17, 15) is 0 Å². The molecule has 0 spiro atoms. The minimum atomic E-state index is 0.322. The van der Waals surface area contributed by atoms with Crippen LogP contribution in [0.15, 0.2) is 69.0 Å². The summed E-state index contributed by atoms with van der Waals surface area (Å²) in [7, 11) is 0. The summed E-state index contributed by atoms with van der Waals surface area (Å²) in [5.41, 5.74) is 1.13. The first-order valence-electron chi connectivity index (χ1n) is 7.12. The van der Waals surface area contributed by atoms with E-state index in [1.807, 2.05) is 36.2 Å². The monoisotopic (exact) mass is 361 g/mol. The highest BCUT2D eigenvalue weighted by atomic mass is 79.9. The smallest absolute Gasteiger partial charge is 0.0616 e. The fourth-order valence-electron chi connectivity index (χ4n) is 1.86. The maximum atomic E-state index is 4.79. The maximum Gasteiger partial charge on any atom is 0.0616 e. The molecular weight excluding hydrogens is 342 g/mol. The Morgan fingerprint density at radius 2 is 1.71 bits per heavy atom. The molecule has 1 atom stereocenters. The first-order chi connectivity index (χ1) is 10.2. The number of hydrogen-bond donors (Lipinski definition) is 0. The van der Waals surface area contributed by atoms with Gasteiger partial charge < -0.3 is 0 Å². The number of aliphatic imine (C=N–C) groups is 1. The van der Waals surface area contributed by atoms with Gasteiger partial charge in [-0.3, -0.25) is 4.99 Å². The van der Waals surface area contributed by atoms with Crippen LogP contribution in [0.5, 0.6) is 0 Å². The van der Waals surface area contributed by atoms with Crippen LogP contribution in [0.4, 0.5) is 0 Å². The van der Waals surface area contributed by atoms with E-state index in [-0.39, 0.29) is 0 Å². The Morgan fingerprint density at radius 1 is 1.05 bits per heavy atom. The van der Waals surface area contributed by atoms with Gasteiger partial charge in [0.05, 0.1) is 6.04 Å². The van der Waals surface area contributed by atoms with Crippen molar-refractivity contribution >= 4 is 33.9 Å². The Hall–Kier alpha value is -1.06. The number of hydrogen-bond acceptors (Lipinski definition) is 2. The molecule has 0 aliphatic carbocycles. The molecule has 0 saturated heterocycles. The first kappa shape index (κ1) is 16.3. The van der Waals surface area contributed by atoms with Crippen LogP contribution in [-0.4, -0.2) is 18.0 Å². The lowest BCUT2D eigenvalue weighted by Gasteiger charge is -2.16. The third-order valence-electron chi connectivity index (χ3n) is 3.24. The third kappa shape index (κ3) is 5.33. The van der Waals surface area contributed by atoms with Gasteiger partial charge in [-0.2, -0.15) is 0 Å². The van der Waals surface area contributed by atoms with Crippen molar-refractivity contribution in [3.63, 3.8) is 0 Å². The SMILES string of the molecule is CC(C)[C@@H](CSc1ccccc1)N=Cc1ccccc1Br. The van der Waals surface area contributed by atoms with Crippen molar-refractivity contribution in [2.45, 2.75) is 24.8 Å². The molecule has 0 heterocycles. The van der Waals surface area contributed by atoms with E-state index in [1.165, 1.54) is 4.90 Å². The van der Waals surface area contributed by atoms with Crippen molar-refractivity contribution in [2.75, 3.05) is 5.75 Å². The predicted octanol–water partition coefficient (Wildman–Crippen LogP) is 5.68. The van der Waals surface area contributed by atoms with Gasteiger partial charge in [-0.15, -0.1) is 11.8 Å². The van der Waals surface area contributed by atoms with E-state index in [1.54, 1.807) is 0 Å². The quantitative estimate of drug-likeness (QED) is 0.475. The highest BCUT2D eigenvalue weighted by Gasteiger charge is 2.12. The topological polar surface area (TPSA) is 12.4 Å². The molecule has 0 N–H and O–H groups in total. The second-order valence-electron chi connectivity index (χ2n) is 5.24. The van der Waals surface area contributed by atoms with E-state index in [2.05, 4.69) is 66.2 Å². The van der Waals surface area contributed by atoms with E-state index < -0.39 is 0 Å². The van der Waals surface area contributed by atoms with Gasteiger partial charge >= 0.3 is 0 Å². The van der Waals surface area contributed by atoms with Crippen molar-refractivity contribution in [2.24, 2.45) is 10.9 Å². The number of rotatable bonds is 6. The number of nitrogens with zero attached hydrogens (tertiary/aromatic N) is 1. The summed E-state index contributed by atoms with van der Waals surface area (Å²) in [6, 6.07) is 19.0. The van der Waals surface area contributed by atoms with Gasteiger partial charge in [0.1, 0.15) is 0 Å². The van der Waals surface area contributed by atoms with Crippen molar-refractivity contribution in [1.82, 2.24) is 0 Å². The van der Waals surface area contributed by atoms with Gasteiger partial charge in [-0.05, 0) is 24.1 Å². The highest BCUT2D eigenvalue weighted by Crippen LogP contribution is 2.22. The van der Waals surface area contributed by atoms with Crippen LogP contribution in [0.1, 0.15) is 19.4 Å². The fourth-order valence-corrected chi connectivity index (χ4v) is 3.43. The normalized spacial score (nSPS) is 13.0. The van der Waals surface area contributed by atoms with Gasteiger partial charge in [0.2, 0.25) is 0 Å². The van der Waals surface area contributed by atoms with E-state index in [4.69, 9.17) is 4.99 Å². The largest absolute Gasteiger partial charge is 0.288 e. The lowest BCUT2D eigenvalue weighted by molar-refractivity contribution is 0.539. The van der Waals surface area contributed by atoms with Gasteiger partial charge in [0.15, 0.2) is 0 Å². The number of thioether (sulfide) groups is 1. The first-order valence-corrected chi connectivity index (χ1v) is 8.90. The van der Waals surface area contributed by atoms with Crippen LogP contribution in [0.3, 0.4) is 0 Å². The van der Waals surface area contributed by atoms with Crippen molar-refractivity contribution in [1.29, 1.82) is 0 Å². The summed E-state index contributed by atoms with van der Waals surface area (Å²) in [4.78, 5) is 6.10. The van der Waals surface area contributed by atoms with Crippen molar-refractivity contribution in [3.05, 3.63) is 64.6 Å². The Morgan fingerprint density at radius 3 is 2.38 bits per heavy atom. The van der Waals surface area contributed by atoms with E-state index in [0.717, 1.165) is 15.8 Å². The Labute approximate surface area is 140 Å². The zero-order chi connectivity index (χ0) is 15.1. The molecule has 21 heavy (non-hydrogen) atoms. The second kappa shape index (κ2) is 8.40. The molecule has 0 aromatic heterocycles. The molecule has 2 aromatic rings. The van der Waals surface area contributed by atoms with Gasteiger partial charge in [0, 0.05) is 26.9 Å². The molecule has 0 fully saturated rings. The van der Waals surface area contributed by atoms with Crippen molar-refractivity contribution in [3.8, 4) is 0 Å². The standard InChI is InChI=1S/C18H20BrNS/c1-14(2)18(13-21-16-9-4-3-5-10-16)20-12-15-8-6-7-11-17(15)19/h3-12,14,18H,13H2,1-2H3/t18-/m1/s1. The molecule has 0 bridgehead atoms. The Bertz CT molecular complexity index is 581. The molecule has 1 nitrogen and oxygen atoms in total. The molecule has 0 aliphatic rings. The Balaban J connectivity index is 2.01. The summed E-state index contributed by atoms with van der Waals surface area (Å²) >= 11 is 5.43. The Kier molecular flexibility index (Phi) is 6.52. The zero-order valence-corrected chi connectivity index (χ0v) is 14.8. The highest BCUT2D eigenvalue weighted by molar-refractivity contribution is 9.10. The van der Waals surface area contributed by atoms with Gasteiger partial charge in [0.25, 0.3) is 0 Å². The summed E-state index contributed by atoms with van der Waals surface area (Å²) in [5.74, 6) is 1.53. The molecule has 0 radical (unpaired) electrons. The fraction of sp³-hybridized carbons (Fsp3) is 0.278. The zero-order valence-electron chi connectivity index (χ0n) is 12.4. The molecule has 2 aromatic carbocycles. The second-order valence-corrected chi connectivity index (χ2v) is 7.18. The molecule has 0 amide bonds. The average molecular weight is 362 g/mol. The summed E-state index contributed by atoms with van der Waals surface area (Å²) in [5, 5.41) is 0. The van der Waals surface area contributed by atoms with Crippen LogP contribution >= 0.6 is 27.7 Å². The molecule has 2 rings (SSSR count). The lowest BCUT2D eigenvalue weighted by atomic mass is 10.1. The van der Waals surface area contributed by atoms with Crippen LogP contribution in [-0.2, 0) is 0 Å². The molecule has 0 aliphatic heterocycles. The molecule has 3 heteroatoms. The third-order valence-corrected chi connectivity index (χ3v) is 5.08. The molecule has 0 unspecified atom stereocenters. The van der Waals surface area contributed by atoms with E-state index >= 15 is 0 Å². The molecular formula is C18H20BrNS.